The zero-order valence-electron chi connectivity index (χ0n) is 13.7. The molecule has 4 nitrogen and oxygen atoms in total. The molecule has 134 valence electrons. The van der Waals surface area contributed by atoms with Gasteiger partial charge in [0, 0.05) is 31.6 Å². The van der Waals surface area contributed by atoms with Crippen LogP contribution in [0.4, 0.5) is 5.13 Å². The SMILES string of the molecule is Cc1csc(NN=Cc2cc(Cl)ccc2OCc2c(Cl)cccc2Cl)n1. The van der Waals surface area contributed by atoms with Crippen molar-refractivity contribution in [2.45, 2.75) is 13.5 Å². The molecule has 0 spiro atoms. The number of nitrogens with zero attached hydrogens (tertiary/aromatic N) is 2. The first-order valence-corrected chi connectivity index (χ1v) is 9.61. The van der Waals surface area contributed by atoms with Crippen LogP contribution >= 0.6 is 46.1 Å². The predicted octanol–water partition coefficient (Wildman–Crippen LogP) is 6.44. The molecule has 8 heteroatoms. The van der Waals surface area contributed by atoms with Crippen molar-refractivity contribution >= 4 is 57.5 Å². The summed E-state index contributed by atoms with van der Waals surface area (Å²) in [5, 5.41) is 8.56. The Kier molecular flexibility index (Phi) is 6.38. The Labute approximate surface area is 170 Å². The van der Waals surface area contributed by atoms with E-state index in [9.17, 15) is 0 Å². The molecule has 3 aromatic rings. The van der Waals surface area contributed by atoms with Crippen molar-refractivity contribution in [2.24, 2.45) is 5.10 Å². The fourth-order valence-electron chi connectivity index (χ4n) is 2.13. The highest BCUT2D eigenvalue weighted by molar-refractivity contribution is 7.13. The average molecular weight is 427 g/mol. The monoisotopic (exact) mass is 425 g/mol. The summed E-state index contributed by atoms with van der Waals surface area (Å²) >= 11 is 19.9. The molecular formula is C18H14Cl3N3OS. The van der Waals surface area contributed by atoms with Crippen molar-refractivity contribution < 1.29 is 4.74 Å². The number of rotatable bonds is 6. The van der Waals surface area contributed by atoms with Gasteiger partial charge in [-0.05, 0) is 37.3 Å². The van der Waals surface area contributed by atoms with E-state index in [-0.39, 0.29) is 6.61 Å². The number of thiazole rings is 1. The molecule has 0 fully saturated rings. The number of hydrazone groups is 1. The molecule has 0 aliphatic heterocycles. The molecular weight excluding hydrogens is 413 g/mol. The van der Waals surface area contributed by atoms with Crippen LogP contribution in [0.5, 0.6) is 5.75 Å². The molecule has 0 saturated heterocycles. The second-order valence-electron chi connectivity index (χ2n) is 5.34. The average Bonchev–Trinajstić information content (AvgIpc) is 3.01. The number of hydrogen-bond donors (Lipinski definition) is 1. The van der Waals surface area contributed by atoms with Crippen LogP contribution < -0.4 is 10.2 Å². The van der Waals surface area contributed by atoms with E-state index in [2.05, 4.69) is 15.5 Å². The van der Waals surface area contributed by atoms with E-state index in [0.717, 1.165) is 16.8 Å². The minimum absolute atomic E-state index is 0.236. The topological polar surface area (TPSA) is 46.5 Å². The Bertz CT molecular complexity index is 923. The van der Waals surface area contributed by atoms with Gasteiger partial charge in [-0.2, -0.15) is 5.10 Å². The maximum absolute atomic E-state index is 6.19. The van der Waals surface area contributed by atoms with Gasteiger partial charge in [0.05, 0.1) is 11.9 Å². The molecule has 0 atom stereocenters. The van der Waals surface area contributed by atoms with Crippen molar-refractivity contribution in [1.29, 1.82) is 0 Å². The highest BCUT2D eigenvalue weighted by Gasteiger charge is 2.09. The summed E-state index contributed by atoms with van der Waals surface area (Å²) in [7, 11) is 0. The normalized spacial score (nSPS) is 11.1. The van der Waals surface area contributed by atoms with Crippen LogP contribution in [0.3, 0.4) is 0 Å². The van der Waals surface area contributed by atoms with E-state index in [0.29, 0.717) is 25.9 Å². The molecule has 1 aromatic heterocycles. The van der Waals surface area contributed by atoms with Gasteiger partial charge in [0.25, 0.3) is 0 Å². The Balaban J connectivity index is 1.75. The molecule has 0 amide bonds. The minimum Gasteiger partial charge on any atom is -0.488 e. The standard InChI is InChI=1S/C18H14Cl3N3OS/c1-11-10-26-18(23-11)24-22-8-12-7-13(19)5-6-17(12)25-9-14-15(20)3-2-4-16(14)21/h2-8,10H,9H2,1H3,(H,23,24). The number of benzene rings is 2. The van der Waals surface area contributed by atoms with Crippen LogP contribution in [-0.4, -0.2) is 11.2 Å². The second kappa shape index (κ2) is 8.73. The van der Waals surface area contributed by atoms with E-state index in [4.69, 9.17) is 39.5 Å². The van der Waals surface area contributed by atoms with E-state index < -0.39 is 0 Å². The second-order valence-corrected chi connectivity index (χ2v) is 7.44. The summed E-state index contributed by atoms with van der Waals surface area (Å²) in [4.78, 5) is 4.28. The smallest absolute Gasteiger partial charge is 0.203 e. The lowest BCUT2D eigenvalue weighted by molar-refractivity contribution is 0.306. The van der Waals surface area contributed by atoms with Gasteiger partial charge in [-0.1, -0.05) is 40.9 Å². The first-order chi connectivity index (χ1) is 12.5. The Hall–Kier alpha value is -1.79. The van der Waals surface area contributed by atoms with Gasteiger partial charge in [-0.25, -0.2) is 4.98 Å². The summed E-state index contributed by atoms with van der Waals surface area (Å²) in [6.07, 6.45) is 1.63. The molecule has 1 N–H and O–H groups in total. The molecule has 2 aromatic carbocycles. The van der Waals surface area contributed by atoms with Crippen LogP contribution in [0.2, 0.25) is 15.1 Å². The third kappa shape index (κ3) is 4.89. The number of aromatic nitrogens is 1. The number of anilines is 1. The maximum atomic E-state index is 6.19. The lowest BCUT2D eigenvalue weighted by atomic mass is 10.2. The van der Waals surface area contributed by atoms with Crippen molar-refractivity contribution in [1.82, 2.24) is 4.98 Å². The number of nitrogens with one attached hydrogen (secondary N) is 1. The van der Waals surface area contributed by atoms with Crippen molar-refractivity contribution in [3.63, 3.8) is 0 Å². The predicted molar refractivity (Wildman–Crippen MR) is 110 cm³/mol. The zero-order valence-corrected chi connectivity index (χ0v) is 16.8. The zero-order chi connectivity index (χ0) is 18.5. The van der Waals surface area contributed by atoms with Crippen molar-refractivity contribution in [2.75, 3.05) is 5.43 Å². The number of hydrogen-bond acceptors (Lipinski definition) is 5. The van der Waals surface area contributed by atoms with Crippen LogP contribution in [0.25, 0.3) is 0 Å². The molecule has 3 rings (SSSR count). The van der Waals surface area contributed by atoms with Gasteiger partial charge >= 0.3 is 0 Å². The molecule has 1 heterocycles. The van der Waals surface area contributed by atoms with Gasteiger partial charge < -0.3 is 4.74 Å². The van der Waals surface area contributed by atoms with Gasteiger partial charge in [0.2, 0.25) is 5.13 Å². The molecule has 0 radical (unpaired) electrons. The molecule has 0 aliphatic carbocycles. The van der Waals surface area contributed by atoms with Crippen LogP contribution in [-0.2, 0) is 6.61 Å². The van der Waals surface area contributed by atoms with E-state index in [1.807, 2.05) is 12.3 Å². The van der Waals surface area contributed by atoms with Crippen molar-refractivity contribution in [3.8, 4) is 5.75 Å². The molecule has 0 saturated carbocycles. The van der Waals surface area contributed by atoms with Crippen LogP contribution in [0.15, 0.2) is 46.9 Å². The van der Waals surface area contributed by atoms with E-state index in [1.54, 1.807) is 42.6 Å². The first kappa shape index (κ1) is 19.0. The third-order valence-corrected chi connectivity index (χ3v) is 5.20. The minimum atomic E-state index is 0.236. The number of ether oxygens (including phenoxy) is 1. The van der Waals surface area contributed by atoms with Crippen LogP contribution in [0, 0.1) is 6.92 Å². The molecule has 0 unspecified atom stereocenters. The Morgan fingerprint density at radius 3 is 2.65 bits per heavy atom. The third-order valence-electron chi connectivity index (χ3n) is 3.39. The van der Waals surface area contributed by atoms with Gasteiger partial charge in [-0.15, -0.1) is 11.3 Å². The highest BCUT2D eigenvalue weighted by Crippen LogP contribution is 2.28. The summed E-state index contributed by atoms with van der Waals surface area (Å²) < 4.78 is 5.89. The van der Waals surface area contributed by atoms with E-state index >= 15 is 0 Å². The Morgan fingerprint density at radius 1 is 1.19 bits per heavy atom. The summed E-state index contributed by atoms with van der Waals surface area (Å²) in [5.41, 5.74) is 5.28. The molecule has 0 bridgehead atoms. The van der Waals surface area contributed by atoms with Gasteiger partial charge in [0.15, 0.2) is 0 Å². The van der Waals surface area contributed by atoms with Gasteiger partial charge in [0.1, 0.15) is 12.4 Å². The summed E-state index contributed by atoms with van der Waals surface area (Å²) in [6.45, 7) is 2.16. The fourth-order valence-corrected chi connectivity index (χ4v) is 3.46. The Morgan fingerprint density at radius 2 is 1.96 bits per heavy atom. The fraction of sp³-hybridized carbons (Fsp3) is 0.111. The van der Waals surface area contributed by atoms with Gasteiger partial charge in [-0.3, -0.25) is 5.43 Å². The summed E-state index contributed by atoms with van der Waals surface area (Å²) in [6, 6.07) is 10.6. The van der Waals surface area contributed by atoms with Crippen LogP contribution in [0.1, 0.15) is 16.8 Å². The molecule has 0 aliphatic rings. The quantitative estimate of drug-likeness (QED) is 0.364. The lowest BCUT2D eigenvalue weighted by Gasteiger charge is -2.11. The maximum Gasteiger partial charge on any atom is 0.203 e. The lowest BCUT2D eigenvalue weighted by Crippen LogP contribution is -2.00. The largest absolute Gasteiger partial charge is 0.488 e. The number of aryl methyl sites for hydroxylation is 1. The van der Waals surface area contributed by atoms with Crippen molar-refractivity contribution in [3.05, 3.63) is 73.7 Å². The summed E-state index contributed by atoms with van der Waals surface area (Å²) in [5.74, 6) is 0.617. The number of halogens is 3. The molecule has 26 heavy (non-hydrogen) atoms. The van der Waals surface area contributed by atoms with E-state index in [1.165, 1.54) is 11.3 Å². The highest BCUT2D eigenvalue weighted by atomic mass is 35.5. The first-order valence-electron chi connectivity index (χ1n) is 7.59.